The third kappa shape index (κ3) is 7.13. The highest BCUT2D eigenvalue weighted by atomic mass is 127. The lowest BCUT2D eigenvalue weighted by molar-refractivity contribution is 0.0263. The third-order valence-electron chi connectivity index (χ3n) is 4.94. The molecule has 0 unspecified atom stereocenters. The lowest BCUT2D eigenvalue weighted by Gasteiger charge is -2.35. The summed E-state index contributed by atoms with van der Waals surface area (Å²) in [5.74, 6) is 1.96. The van der Waals surface area contributed by atoms with Gasteiger partial charge in [0.2, 0.25) is 0 Å². The Labute approximate surface area is 159 Å². The highest BCUT2D eigenvalue weighted by molar-refractivity contribution is 14.0. The zero-order chi connectivity index (χ0) is 15.8. The first-order chi connectivity index (χ1) is 10.7. The molecule has 0 aromatic rings. The number of aliphatic imine (C=N–C) groups is 1. The number of piperidine rings is 2. The summed E-state index contributed by atoms with van der Waals surface area (Å²) in [6.07, 6.45) is 5.35. The molecule has 2 aliphatic rings. The number of nitrogens with zero attached hydrogens (tertiary/aromatic N) is 3. The molecule has 23 heavy (non-hydrogen) atoms. The molecule has 5 nitrogen and oxygen atoms in total. The monoisotopic (exact) mass is 438 g/mol. The van der Waals surface area contributed by atoms with Gasteiger partial charge in [0.25, 0.3) is 0 Å². The van der Waals surface area contributed by atoms with Crippen molar-refractivity contribution >= 4 is 29.9 Å². The number of hydrogen-bond donors (Lipinski definition) is 1. The second kappa shape index (κ2) is 11.5. The predicted octanol–water partition coefficient (Wildman–Crippen LogP) is 2.41. The van der Waals surface area contributed by atoms with Gasteiger partial charge in [-0.15, -0.1) is 24.0 Å². The summed E-state index contributed by atoms with van der Waals surface area (Å²) in [5.41, 5.74) is 0. The first-order valence-electron chi connectivity index (χ1n) is 9.02. The molecule has 0 spiro atoms. The Balaban J connectivity index is 0.00000264. The summed E-state index contributed by atoms with van der Waals surface area (Å²) < 4.78 is 5.72. The number of likely N-dealkylation sites (tertiary alicyclic amines) is 2. The molecule has 136 valence electrons. The number of nitrogens with one attached hydrogen (secondary N) is 1. The van der Waals surface area contributed by atoms with Crippen LogP contribution in [0, 0.1) is 5.92 Å². The molecule has 0 aliphatic carbocycles. The quantitative estimate of drug-likeness (QED) is 0.407. The van der Waals surface area contributed by atoms with Crippen molar-refractivity contribution in [2.75, 3.05) is 52.9 Å². The van der Waals surface area contributed by atoms with Crippen LogP contribution in [0.25, 0.3) is 0 Å². The molecule has 0 aromatic heterocycles. The van der Waals surface area contributed by atoms with Gasteiger partial charge in [-0.25, -0.2) is 0 Å². The molecule has 0 bridgehead atoms. The van der Waals surface area contributed by atoms with E-state index in [-0.39, 0.29) is 24.0 Å². The molecule has 2 fully saturated rings. The maximum atomic E-state index is 5.72. The fourth-order valence-electron chi connectivity index (χ4n) is 3.41. The van der Waals surface area contributed by atoms with Crippen molar-refractivity contribution in [1.82, 2.24) is 15.1 Å². The molecule has 0 aromatic carbocycles. The van der Waals surface area contributed by atoms with Crippen LogP contribution in [0.5, 0.6) is 0 Å². The summed E-state index contributed by atoms with van der Waals surface area (Å²) >= 11 is 0. The van der Waals surface area contributed by atoms with Crippen molar-refractivity contribution < 1.29 is 4.74 Å². The highest BCUT2D eigenvalue weighted by Gasteiger charge is 2.21. The van der Waals surface area contributed by atoms with Gasteiger partial charge >= 0.3 is 0 Å². The summed E-state index contributed by atoms with van der Waals surface area (Å²) in [6.45, 7) is 12.0. The van der Waals surface area contributed by atoms with Crippen molar-refractivity contribution in [3.63, 3.8) is 0 Å². The molecule has 2 saturated heterocycles. The molecule has 0 saturated carbocycles. The highest BCUT2D eigenvalue weighted by Crippen LogP contribution is 2.15. The largest absolute Gasteiger partial charge is 0.378 e. The fraction of sp³-hybridized carbons (Fsp3) is 0.941. The van der Waals surface area contributed by atoms with E-state index in [9.17, 15) is 0 Å². The van der Waals surface area contributed by atoms with E-state index in [2.05, 4.69) is 34.0 Å². The van der Waals surface area contributed by atoms with Gasteiger partial charge in [-0.3, -0.25) is 4.99 Å². The van der Waals surface area contributed by atoms with Crippen LogP contribution in [-0.4, -0.2) is 74.8 Å². The van der Waals surface area contributed by atoms with E-state index in [0.717, 1.165) is 57.5 Å². The molecular formula is C17H35IN4O. The van der Waals surface area contributed by atoms with Gasteiger partial charge < -0.3 is 19.9 Å². The van der Waals surface area contributed by atoms with Gasteiger partial charge in [0.05, 0.1) is 6.10 Å². The molecule has 2 heterocycles. The zero-order valence-electron chi connectivity index (χ0n) is 15.1. The number of hydrogen-bond acceptors (Lipinski definition) is 3. The van der Waals surface area contributed by atoms with Crippen LogP contribution >= 0.6 is 24.0 Å². The van der Waals surface area contributed by atoms with Crippen molar-refractivity contribution in [3.05, 3.63) is 0 Å². The van der Waals surface area contributed by atoms with Gasteiger partial charge in [-0.1, -0.05) is 6.92 Å². The van der Waals surface area contributed by atoms with Crippen LogP contribution in [0.3, 0.4) is 0 Å². The van der Waals surface area contributed by atoms with E-state index in [1.807, 2.05) is 7.05 Å². The zero-order valence-corrected chi connectivity index (χ0v) is 17.4. The Bertz CT molecular complexity index is 337. The number of guanidine groups is 1. The van der Waals surface area contributed by atoms with Crippen LogP contribution in [0.4, 0.5) is 0 Å². The topological polar surface area (TPSA) is 40.1 Å². The van der Waals surface area contributed by atoms with Crippen molar-refractivity contribution in [2.45, 2.75) is 45.6 Å². The Morgan fingerprint density at radius 1 is 1.13 bits per heavy atom. The average molecular weight is 438 g/mol. The maximum Gasteiger partial charge on any atom is 0.193 e. The second-order valence-corrected chi connectivity index (χ2v) is 6.64. The van der Waals surface area contributed by atoms with Gasteiger partial charge in [-0.2, -0.15) is 0 Å². The molecule has 2 aliphatic heterocycles. The van der Waals surface area contributed by atoms with E-state index >= 15 is 0 Å². The van der Waals surface area contributed by atoms with Crippen molar-refractivity contribution in [2.24, 2.45) is 10.9 Å². The normalized spacial score (nSPS) is 22.0. The second-order valence-electron chi connectivity index (χ2n) is 6.64. The molecule has 0 radical (unpaired) electrons. The summed E-state index contributed by atoms with van der Waals surface area (Å²) in [5, 5.41) is 3.54. The molecule has 2 rings (SSSR count). The molecule has 1 N–H and O–H groups in total. The molecular weight excluding hydrogens is 403 g/mol. The molecule has 0 amide bonds. The number of rotatable bonds is 5. The van der Waals surface area contributed by atoms with Crippen LogP contribution in [0.2, 0.25) is 0 Å². The average Bonchev–Trinajstić information content (AvgIpc) is 2.55. The maximum absolute atomic E-state index is 5.72. The Morgan fingerprint density at radius 2 is 1.78 bits per heavy atom. The van der Waals surface area contributed by atoms with E-state index < -0.39 is 0 Å². The number of ether oxygens (including phenoxy) is 1. The lowest BCUT2D eigenvalue weighted by Crippen LogP contribution is -2.48. The first kappa shape index (κ1) is 21.0. The minimum atomic E-state index is 0. The van der Waals surface area contributed by atoms with E-state index in [1.54, 1.807) is 0 Å². The summed E-state index contributed by atoms with van der Waals surface area (Å²) in [6, 6.07) is 0. The SMILES string of the molecule is CCOC1CCN(C(=NC)NCCN2CCC(C)CC2)CC1.I. The fourth-order valence-corrected chi connectivity index (χ4v) is 3.41. The van der Waals surface area contributed by atoms with Crippen LogP contribution in [0.1, 0.15) is 39.5 Å². The van der Waals surface area contributed by atoms with E-state index in [0.29, 0.717) is 6.10 Å². The van der Waals surface area contributed by atoms with E-state index in [1.165, 1.54) is 25.9 Å². The van der Waals surface area contributed by atoms with Crippen LogP contribution < -0.4 is 5.32 Å². The molecule has 6 heteroatoms. The van der Waals surface area contributed by atoms with Crippen molar-refractivity contribution in [1.29, 1.82) is 0 Å². The Kier molecular flexibility index (Phi) is 10.5. The van der Waals surface area contributed by atoms with Crippen LogP contribution in [0.15, 0.2) is 4.99 Å². The number of halogens is 1. The summed E-state index contributed by atoms with van der Waals surface area (Å²) in [7, 11) is 1.89. The minimum absolute atomic E-state index is 0. The Morgan fingerprint density at radius 3 is 2.35 bits per heavy atom. The first-order valence-corrected chi connectivity index (χ1v) is 9.02. The van der Waals surface area contributed by atoms with Gasteiger partial charge in [0.15, 0.2) is 5.96 Å². The molecule has 0 atom stereocenters. The van der Waals surface area contributed by atoms with Crippen LogP contribution in [-0.2, 0) is 4.74 Å². The van der Waals surface area contributed by atoms with Gasteiger partial charge in [0.1, 0.15) is 0 Å². The standard InChI is InChI=1S/C17H34N4O.HI/c1-4-22-16-7-12-21(13-8-16)17(18-3)19-9-14-20-10-5-15(2)6-11-20;/h15-16H,4-14H2,1-3H3,(H,18,19);1H. The van der Waals surface area contributed by atoms with Gasteiger partial charge in [0, 0.05) is 39.8 Å². The van der Waals surface area contributed by atoms with Gasteiger partial charge in [-0.05, 0) is 51.6 Å². The third-order valence-corrected chi connectivity index (χ3v) is 4.94. The van der Waals surface area contributed by atoms with Crippen molar-refractivity contribution in [3.8, 4) is 0 Å². The van der Waals surface area contributed by atoms with E-state index in [4.69, 9.17) is 4.74 Å². The predicted molar refractivity (Wildman–Crippen MR) is 108 cm³/mol. The minimum Gasteiger partial charge on any atom is -0.378 e. The summed E-state index contributed by atoms with van der Waals surface area (Å²) in [4.78, 5) is 9.39. The lowest BCUT2D eigenvalue weighted by atomic mass is 9.99. The smallest absolute Gasteiger partial charge is 0.193 e. The Hall–Kier alpha value is -0.0800.